The number of rotatable bonds is 7. The molecule has 3 aromatic rings. The third-order valence-corrected chi connectivity index (χ3v) is 5.71. The second-order valence-corrected chi connectivity index (χ2v) is 7.92. The van der Waals surface area contributed by atoms with E-state index < -0.39 is 0 Å². The number of piperidine rings is 1. The van der Waals surface area contributed by atoms with Gasteiger partial charge in [0, 0.05) is 23.5 Å². The summed E-state index contributed by atoms with van der Waals surface area (Å²) in [5, 5.41) is 9.84. The largest absolute Gasteiger partial charge is 0.497 e. The van der Waals surface area contributed by atoms with Gasteiger partial charge >= 0.3 is 0 Å². The van der Waals surface area contributed by atoms with Crippen molar-refractivity contribution >= 4 is 17.3 Å². The highest BCUT2D eigenvalue weighted by molar-refractivity contribution is 5.95. The average molecular weight is 416 g/mol. The summed E-state index contributed by atoms with van der Waals surface area (Å²) in [5.74, 6) is 1.39. The van der Waals surface area contributed by atoms with Gasteiger partial charge in [-0.25, -0.2) is 0 Å². The zero-order valence-electron chi connectivity index (χ0n) is 17.9. The second-order valence-electron chi connectivity index (χ2n) is 7.92. The predicted molar refractivity (Wildman–Crippen MR) is 126 cm³/mol. The number of carbonyl (C=O) groups excluding carboxylic acids is 1. The molecule has 160 valence electrons. The van der Waals surface area contributed by atoms with Crippen molar-refractivity contribution in [1.29, 1.82) is 0 Å². The molecule has 1 amide bonds. The Balaban J connectivity index is 1.38. The van der Waals surface area contributed by atoms with Gasteiger partial charge in [-0.2, -0.15) is 0 Å². The lowest BCUT2D eigenvalue weighted by atomic mass is 9.98. The fourth-order valence-corrected chi connectivity index (χ4v) is 3.88. The van der Waals surface area contributed by atoms with E-state index in [2.05, 4.69) is 34.1 Å². The van der Waals surface area contributed by atoms with Gasteiger partial charge in [0.1, 0.15) is 5.75 Å². The van der Waals surface area contributed by atoms with E-state index in [4.69, 9.17) is 4.74 Å². The Hall–Kier alpha value is -3.31. The molecule has 0 aliphatic carbocycles. The standard InChI is InChI=1S/C26H29N3O2/c1-31-25-7-3-4-21(17-25)20-8-10-23(11-9-20)29-24-6-2-5-22(16-24)26(30)28-18-19-12-14-27-15-13-19/h2-11,16-17,19,27,29H,12-15,18H2,1H3,(H,28,30). The Kier molecular flexibility index (Phi) is 6.85. The third kappa shape index (κ3) is 5.64. The maximum atomic E-state index is 12.6. The van der Waals surface area contributed by atoms with Crippen molar-refractivity contribution in [2.45, 2.75) is 12.8 Å². The number of ether oxygens (including phenoxy) is 1. The minimum absolute atomic E-state index is 0.0180. The number of methoxy groups -OCH3 is 1. The maximum Gasteiger partial charge on any atom is 0.251 e. The molecule has 31 heavy (non-hydrogen) atoms. The Morgan fingerprint density at radius 1 is 0.935 bits per heavy atom. The van der Waals surface area contributed by atoms with Crippen LogP contribution in [-0.4, -0.2) is 32.7 Å². The Labute approximate surface area is 183 Å². The molecule has 0 spiro atoms. The number of benzene rings is 3. The van der Waals surface area contributed by atoms with Crippen molar-refractivity contribution < 1.29 is 9.53 Å². The van der Waals surface area contributed by atoms with Gasteiger partial charge in [-0.1, -0.05) is 30.3 Å². The van der Waals surface area contributed by atoms with Crippen LogP contribution in [0, 0.1) is 5.92 Å². The zero-order valence-corrected chi connectivity index (χ0v) is 17.9. The molecule has 0 saturated carbocycles. The van der Waals surface area contributed by atoms with Crippen LogP contribution >= 0.6 is 0 Å². The average Bonchev–Trinajstić information content (AvgIpc) is 2.84. The third-order valence-electron chi connectivity index (χ3n) is 5.71. The van der Waals surface area contributed by atoms with Crippen molar-refractivity contribution in [1.82, 2.24) is 10.6 Å². The van der Waals surface area contributed by atoms with E-state index in [1.54, 1.807) is 7.11 Å². The van der Waals surface area contributed by atoms with E-state index in [0.717, 1.165) is 60.7 Å². The summed E-state index contributed by atoms with van der Waals surface area (Å²) < 4.78 is 5.31. The van der Waals surface area contributed by atoms with E-state index in [1.807, 2.05) is 54.6 Å². The number of nitrogens with one attached hydrogen (secondary N) is 3. The number of carbonyl (C=O) groups is 1. The molecule has 1 fully saturated rings. The van der Waals surface area contributed by atoms with Gasteiger partial charge in [-0.15, -0.1) is 0 Å². The molecule has 4 rings (SSSR count). The van der Waals surface area contributed by atoms with Crippen LogP contribution in [0.2, 0.25) is 0 Å². The molecule has 0 radical (unpaired) electrons. The molecule has 3 aromatic carbocycles. The van der Waals surface area contributed by atoms with Gasteiger partial charge in [0.05, 0.1) is 7.11 Å². The van der Waals surface area contributed by atoms with E-state index in [1.165, 1.54) is 0 Å². The molecular formula is C26H29N3O2. The zero-order chi connectivity index (χ0) is 21.5. The molecule has 0 aromatic heterocycles. The Bertz CT molecular complexity index is 1010. The van der Waals surface area contributed by atoms with Crippen LogP contribution in [-0.2, 0) is 0 Å². The van der Waals surface area contributed by atoms with Gasteiger partial charge < -0.3 is 20.7 Å². The summed E-state index contributed by atoms with van der Waals surface area (Å²) in [5.41, 5.74) is 4.77. The van der Waals surface area contributed by atoms with Gasteiger partial charge in [0.2, 0.25) is 0 Å². The first-order chi connectivity index (χ1) is 15.2. The van der Waals surface area contributed by atoms with Crippen molar-refractivity contribution in [2.24, 2.45) is 5.92 Å². The molecule has 5 heteroatoms. The minimum atomic E-state index is -0.0180. The van der Waals surface area contributed by atoms with E-state index >= 15 is 0 Å². The first-order valence-corrected chi connectivity index (χ1v) is 10.8. The molecule has 5 nitrogen and oxygen atoms in total. The van der Waals surface area contributed by atoms with Crippen molar-refractivity contribution in [3.63, 3.8) is 0 Å². The highest BCUT2D eigenvalue weighted by Gasteiger charge is 2.14. The monoisotopic (exact) mass is 415 g/mol. The van der Waals surface area contributed by atoms with Gasteiger partial charge in [0.25, 0.3) is 5.91 Å². The van der Waals surface area contributed by atoms with Crippen molar-refractivity contribution in [2.75, 3.05) is 32.1 Å². The lowest BCUT2D eigenvalue weighted by Gasteiger charge is -2.22. The van der Waals surface area contributed by atoms with E-state index in [9.17, 15) is 4.79 Å². The van der Waals surface area contributed by atoms with Crippen LogP contribution in [0.15, 0.2) is 72.8 Å². The number of hydrogen-bond acceptors (Lipinski definition) is 4. The molecule has 0 unspecified atom stereocenters. The van der Waals surface area contributed by atoms with Gasteiger partial charge in [-0.05, 0) is 85.4 Å². The molecular weight excluding hydrogens is 386 g/mol. The highest BCUT2D eigenvalue weighted by atomic mass is 16.5. The van der Waals surface area contributed by atoms with E-state index in [0.29, 0.717) is 11.5 Å². The summed E-state index contributed by atoms with van der Waals surface area (Å²) in [6.45, 7) is 2.82. The summed E-state index contributed by atoms with van der Waals surface area (Å²) in [6, 6.07) is 23.9. The topological polar surface area (TPSA) is 62.4 Å². The second kappa shape index (κ2) is 10.1. The summed E-state index contributed by atoms with van der Waals surface area (Å²) in [6.07, 6.45) is 2.24. The number of anilines is 2. The highest BCUT2D eigenvalue weighted by Crippen LogP contribution is 2.26. The predicted octanol–water partition coefficient (Wildman–Crippen LogP) is 4.84. The summed E-state index contributed by atoms with van der Waals surface area (Å²) in [7, 11) is 1.67. The quantitative estimate of drug-likeness (QED) is 0.517. The van der Waals surface area contributed by atoms with Crippen LogP contribution < -0.4 is 20.7 Å². The molecule has 0 atom stereocenters. The smallest absolute Gasteiger partial charge is 0.251 e. The number of amides is 1. The van der Waals surface area contributed by atoms with Crippen LogP contribution in [0.3, 0.4) is 0 Å². The summed E-state index contributed by atoms with van der Waals surface area (Å²) in [4.78, 5) is 12.6. The molecule has 3 N–H and O–H groups in total. The van der Waals surface area contributed by atoms with Gasteiger partial charge in [-0.3, -0.25) is 4.79 Å². The lowest BCUT2D eigenvalue weighted by molar-refractivity contribution is 0.0944. The van der Waals surface area contributed by atoms with Crippen LogP contribution in [0.5, 0.6) is 5.75 Å². The molecule has 1 aliphatic rings. The first-order valence-electron chi connectivity index (χ1n) is 10.8. The maximum absolute atomic E-state index is 12.6. The van der Waals surface area contributed by atoms with E-state index in [-0.39, 0.29) is 5.91 Å². The molecule has 1 heterocycles. The lowest BCUT2D eigenvalue weighted by Crippen LogP contribution is -2.35. The first kappa shape index (κ1) is 20.9. The van der Waals surface area contributed by atoms with Crippen molar-refractivity contribution in [3.05, 3.63) is 78.4 Å². The molecule has 0 bridgehead atoms. The normalized spacial score (nSPS) is 14.1. The Morgan fingerprint density at radius 2 is 1.71 bits per heavy atom. The van der Waals surface area contributed by atoms with Gasteiger partial charge in [0.15, 0.2) is 0 Å². The fourth-order valence-electron chi connectivity index (χ4n) is 3.88. The van der Waals surface area contributed by atoms with Crippen LogP contribution in [0.4, 0.5) is 11.4 Å². The molecule has 1 saturated heterocycles. The van der Waals surface area contributed by atoms with Crippen molar-refractivity contribution in [3.8, 4) is 16.9 Å². The number of hydrogen-bond donors (Lipinski definition) is 3. The van der Waals surface area contributed by atoms with Crippen LogP contribution in [0.25, 0.3) is 11.1 Å². The Morgan fingerprint density at radius 3 is 2.48 bits per heavy atom. The SMILES string of the molecule is COc1cccc(-c2ccc(Nc3cccc(C(=O)NCC4CCNCC4)c3)cc2)c1. The van der Waals surface area contributed by atoms with Crippen LogP contribution in [0.1, 0.15) is 23.2 Å². The minimum Gasteiger partial charge on any atom is -0.497 e. The summed E-state index contributed by atoms with van der Waals surface area (Å²) >= 11 is 0. The fraction of sp³-hybridized carbons (Fsp3) is 0.269. The molecule has 1 aliphatic heterocycles.